The van der Waals surface area contributed by atoms with E-state index in [0.29, 0.717) is 22.9 Å². The zero-order valence-electron chi connectivity index (χ0n) is 18.5. The van der Waals surface area contributed by atoms with E-state index in [1.807, 2.05) is 30.3 Å². The van der Waals surface area contributed by atoms with Gasteiger partial charge in [0.05, 0.1) is 27.2 Å². The Kier molecular flexibility index (Phi) is 7.19. The minimum absolute atomic E-state index is 0.0992. The quantitative estimate of drug-likeness (QED) is 0.651. The van der Waals surface area contributed by atoms with Gasteiger partial charge < -0.3 is 29.7 Å². The number of carbonyl (C=O) groups excluding carboxylic acids is 3. The molecule has 0 bridgehead atoms. The number of nitrogens with one attached hydrogen (secondary N) is 2. The van der Waals surface area contributed by atoms with Crippen molar-refractivity contribution in [2.75, 3.05) is 38.1 Å². The highest BCUT2D eigenvalue weighted by Gasteiger charge is 2.36. The van der Waals surface area contributed by atoms with Gasteiger partial charge in [-0.1, -0.05) is 18.2 Å². The molecule has 1 fully saturated rings. The van der Waals surface area contributed by atoms with E-state index >= 15 is 0 Å². The van der Waals surface area contributed by atoms with Gasteiger partial charge in [-0.2, -0.15) is 0 Å². The predicted molar refractivity (Wildman–Crippen MR) is 119 cm³/mol. The van der Waals surface area contributed by atoms with E-state index in [-0.39, 0.29) is 24.8 Å². The van der Waals surface area contributed by atoms with Gasteiger partial charge in [0, 0.05) is 36.5 Å². The first-order chi connectivity index (χ1) is 15.4. The summed E-state index contributed by atoms with van der Waals surface area (Å²) in [5, 5.41) is 5.43. The van der Waals surface area contributed by atoms with E-state index < -0.39 is 17.9 Å². The number of hydrogen-bond donors (Lipinski definition) is 2. The Balaban J connectivity index is 1.62. The summed E-state index contributed by atoms with van der Waals surface area (Å²) >= 11 is 0. The van der Waals surface area contributed by atoms with Gasteiger partial charge in [0.15, 0.2) is 11.5 Å². The number of ether oxygens (including phenoxy) is 3. The molecule has 0 aromatic heterocycles. The van der Waals surface area contributed by atoms with Crippen LogP contribution in [0.5, 0.6) is 17.2 Å². The Bertz CT molecular complexity index is 969. The first kappa shape index (κ1) is 22.9. The van der Waals surface area contributed by atoms with Gasteiger partial charge >= 0.3 is 0 Å². The van der Waals surface area contributed by atoms with Crippen molar-refractivity contribution in [1.29, 1.82) is 0 Å². The third kappa shape index (κ3) is 4.93. The highest BCUT2D eigenvalue weighted by Crippen LogP contribution is 2.40. The van der Waals surface area contributed by atoms with E-state index in [9.17, 15) is 14.4 Å². The molecule has 3 amide bonds. The smallest absolute Gasteiger partial charge is 0.246 e. The second kappa shape index (κ2) is 10.0. The number of nitrogens with zero attached hydrogens (tertiary/aromatic N) is 1. The topological polar surface area (TPSA) is 106 Å². The lowest BCUT2D eigenvalue weighted by molar-refractivity contribution is -0.129. The first-order valence-corrected chi connectivity index (χ1v) is 10.1. The minimum Gasteiger partial charge on any atom is -0.493 e. The van der Waals surface area contributed by atoms with Gasteiger partial charge in [0.25, 0.3) is 0 Å². The normalized spacial score (nSPS) is 16.3. The molecular formula is C23H27N3O6. The van der Waals surface area contributed by atoms with Crippen molar-refractivity contribution in [3.63, 3.8) is 0 Å². The van der Waals surface area contributed by atoms with E-state index in [0.717, 1.165) is 5.69 Å². The van der Waals surface area contributed by atoms with Crippen LogP contribution < -0.4 is 29.7 Å². The summed E-state index contributed by atoms with van der Waals surface area (Å²) < 4.78 is 15.8. The van der Waals surface area contributed by atoms with Crippen molar-refractivity contribution in [2.45, 2.75) is 19.4 Å². The van der Waals surface area contributed by atoms with Crippen LogP contribution in [0.25, 0.3) is 0 Å². The molecule has 2 N–H and O–H groups in total. The Morgan fingerprint density at radius 3 is 2.22 bits per heavy atom. The van der Waals surface area contributed by atoms with Gasteiger partial charge in [-0.05, 0) is 19.1 Å². The molecule has 0 saturated carbocycles. The molecular weight excluding hydrogens is 414 g/mol. The average Bonchev–Trinajstić information content (AvgIpc) is 3.20. The van der Waals surface area contributed by atoms with Crippen LogP contribution in [0.1, 0.15) is 13.3 Å². The highest BCUT2D eigenvalue weighted by atomic mass is 16.5. The molecule has 3 rings (SSSR count). The summed E-state index contributed by atoms with van der Waals surface area (Å²) in [5.41, 5.74) is 1.18. The number of amides is 3. The molecule has 0 radical (unpaired) electrons. The van der Waals surface area contributed by atoms with Crippen molar-refractivity contribution >= 4 is 29.1 Å². The third-order valence-electron chi connectivity index (χ3n) is 5.25. The summed E-state index contributed by atoms with van der Waals surface area (Å²) in [6.07, 6.45) is 0.0992. The third-order valence-corrected chi connectivity index (χ3v) is 5.25. The maximum atomic E-state index is 12.7. The fraction of sp³-hybridized carbons (Fsp3) is 0.348. The van der Waals surface area contributed by atoms with Crippen LogP contribution in [0, 0.1) is 5.92 Å². The monoisotopic (exact) mass is 441 g/mol. The molecule has 2 atom stereocenters. The van der Waals surface area contributed by atoms with E-state index in [4.69, 9.17) is 14.2 Å². The molecule has 0 aliphatic carbocycles. The molecule has 1 unspecified atom stereocenters. The molecule has 2 aromatic carbocycles. The molecule has 1 aliphatic rings. The maximum absolute atomic E-state index is 12.7. The van der Waals surface area contributed by atoms with Gasteiger partial charge in [-0.15, -0.1) is 0 Å². The summed E-state index contributed by atoms with van der Waals surface area (Å²) in [6, 6.07) is 11.6. The lowest BCUT2D eigenvalue weighted by Crippen LogP contribution is -2.44. The standard InChI is InChI=1S/C23H27N3O6/c1-14(22(28)25-16-11-18(30-2)21(32-4)19(12-16)31-3)24-23(29)15-10-20(27)26(13-15)17-8-6-5-7-9-17/h5-9,11-12,14-15H,10,13H2,1-4H3,(H,24,29)(H,25,28)/t14-,15?/m1/s1. The van der Waals surface area contributed by atoms with Gasteiger partial charge in [0.1, 0.15) is 6.04 Å². The molecule has 170 valence electrons. The lowest BCUT2D eigenvalue weighted by atomic mass is 10.1. The van der Waals surface area contributed by atoms with Crippen LogP contribution in [0.15, 0.2) is 42.5 Å². The molecule has 2 aromatic rings. The number of methoxy groups -OCH3 is 3. The van der Waals surface area contributed by atoms with Crippen LogP contribution in [-0.4, -0.2) is 51.6 Å². The number of benzene rings is 2. The van der Waals surface area contributed by atoms with Gasteiger partial charge in [0.2, 0.25) is 23.5 Å². The Hall–Kier alpha value is -3.75. The second-order valence-electron chi connectivity index (χ2n) is 7.37. The largest absolute Gasteiger partial charge is 0.493 e. The molecule has 1 heterocycles. The fourth-order valence-electron chi connectivity index (χ4n) is 3.54. The van der Waals surface area contributed by atoms with Crippen LogP contribution in [0.3, 0.4) is 0 Å². The maximum Gasteiger partial charge on any atom is 0.246 e. The average molecular weight is 441 g/mol. The second-order valence-corrected chi connectivity index (χ2v) is 7.37. The van der Waals surface area contributed by atoms with Crippen molar-refractivity contribution in [3.05, 3.63) is 42.5 Å². The molecule has 1 aliphatic heterocycles. The van der Waals surface area contributed by atoms with Crippen LogP contribution in [0.2, 0.25) is 0 Å². The zero-order valence-corrected chi connectivity index (χ0v) is 18.5. The van der Waals surface area contributed by atoms with Crippen LogP contribution >= 0.6 is 0 Å². The summed E-state index contributed by atoms with van der Waals surface area (Å²) in [4.78, 5) is 39.3. The van der Waals surface area contributed by atoms with Gasteiger partial charge in [-0.25, -0.2) is 0 Å². The number of rotatable bonds is 8. The zero-order chi connectivity index (χ0) is 23.3. The Labute approximate surface area is 186 Å². The van der Waals surface area contributed by atoms with E-state index in [1.54, 1.807) is 24.0 Å². The minimum atomic E-state index is -0.817. The first-order valence-electron chi connectivity index (χ1n) is 10.1. The predicted octanol–water partition coefficient (Wildman–Crippen LogP) is 2.21. The van der Waals surface area contributed by atoms with Gasteiger partial charge in [-0.3, -0.25) is 14.4 Å². The van der Waals surface area contributed by atoms with Crippen molar-refractivity contribution in [2.24, 2.45) is 5.92 Å². The summed E-state index contributed by atoms with van der Waals surface area (Å²) in [5.74, 6) is -0.219. The Morgan fingerprint density at radius 1 is 1.03 bits per heavy atom. The fourth-order valence-corrected chi connectivity index (χ4v) is 3.54. The van der Waals surface area contributed by atoms with Crippen LogP contribution in [-0.2, 0) is 14.4 Å². The number of hydrogen-bond acceptors (Lipinski definition) is 6. The highest BCUT2D eigenvalue weighted by molar-refractivity contribution is 6.02. The molecule has 0 spiro atoms. The number of para-hydroxylation sites is 1. The molecule has 32 heavy (non-hydrogen) atoms. The Morgan fingerprint density at radius 2 is 1.66 bits per heavy atom. The summed E-state index contributed by atoms with van der Waals surface area (Å²) in [7, 11) is 4.45. The summed E-state index contributed by atoms with van der Waals surface area (Å²) in [6.45, 7) is 1.85. The van der Waals surface area contributed by atoms with Crippen molar-refractivity contribution in [3.8, 4) is 17.2 Å². The van der Waals surface area contributed by atoms with Crippen molar-refractivity contribution < 1.29 is 28.6 Å². The molecule has 9 nitrogen and oxygen atoms in total. The van der Waals surface area contributed by atoms with E-state index in [1.165, 1.54) is 21.3 Å². The van der Waals surface area contributed by atoms with Crippen LogP contribution in [0.4, 0.5) is 11.4 Å². The molecule has 9 heteroatoms. The lowest BCUT2D eigenvalue weighted by Gasteiger charge is -2.19. The number of anilines is 2. The SMILES string of the molecule is COc1cc(NC(=O)[C@@H](C)NC(=O)C2CC(=O)N(c3ccccc3)C2)cc(OC)c1OC. The van der Waals surface area contributed by atoms with Crippen molar-refractivity contribution in [1.82, 2.24) is 5.32 Å². The van der Waals surface area contributed by atoms with E-state index in [2.05, 4.69) is 10.6 Å². The number of carbonyl (C=O) groups is 3. The molecule has 1 saturated heterocycles.